The van der Waals surface area contributed by atoms with Crippen LogP contribution in [0.4, 0.5) is 0 Å². The summed E-state index contributed by atoms with van der Waals surface area (Å²) in [4.78, 5) is 10.5. The van der Waals surface area contributed by atoms with Gasteiger partial charge in [0.15, 0.2) is 5.79 Å². The Morgan fingerprint density at radius 3 is 1.90 bits per heavy atom. The summed E-state index contributed by atoms with van der Waals surface area (Å²) in [5, 5.41) is 19.7. The topological polar surface area (TPSA) is 66.8 Å². The van der Waals surface area contributed by atoms with E-state index in [0.717, 1.165) is 63.4 Å². The van der Waals surface area contributed by atoms with Crippen LogP contribution in [0.5, 0.6) is 0 Å². The van der Waals surface area contributed by atoms with Crippen LogP contribution in [0.1, 0.15) is 109 Å². The van der Waals surface area contributed by atoms with Gasteiger partial charge in [-0.25, -0.2) is 0 Å². The molecule has 0 aliphatic rings. The molecule has 0 amide bonds. The molecule has 29 heavy (non-hydrogen) atoms. The second-order valence-corrected chi connectivity index (χ2v) is 8.25. The maximum absolute atomic E-state index is 11.1. The van der Waals surface area contributed by atoms with Gasteiger partial charge in [-0.3, -0.25) is 4.79 Å². The van der Waals surface area contributed by atoms with Crippen molar-refractivity contribution < 1.29 is 19.7 Å². The molecular formula is C25H42O4. The van der Waals surface area contributed by atoms with Gasteiger partial charge in [-0.05, 0) is 24.8 Å². The van der Waals surface area contributed by atoms with Crippen LogP contribution in [0.15, 0.2) is 30.3 Å². The van der Waals surface area contributed by atoms with Crippen molar-refractivity contribution in [1.29, 1.82) is 0 Å². The fourth-order valence-electron chi connectivity index (χ4n) is 3.63. The van der Waals surface area contributed by atoms with Crippen LogP contribution < -0.4 is 0 Å². The van der Waals surface area contributed by atoms with Crippen molar-refractivity contribution in [2.75, 3.05) is 0 Å². The van der Waals surface area contributed by atoms with E-state index >= 15 is 0 Å². The SMILES string of the molecule is CCCCCCCC(O)(CCCCCCCCCC(=O)O)OCc1ccccc1. The van der Waals surface area contributed by atoms with Gasteiger partial charge in [0.25, 0.3) is 0 Å². The van der Waals surface area contributed by atoms with Crippen molar-refractivity contribution in [3.8, 4) is 0 Å². The summed E-state index contributed by atoms with van der Waals surface area (Å²) in [5.74, 6) is -1.72. The Morgan fingerprint density at radius 1 is 0.828 bits per heavy atom. The third-order valence-corrected chi connectivity index (χ3v) is 5.48. The molecule has 0 saturated heterocycles. The van der Waals surface area contributed by atoms with E-state index in [0.29, 0.717) is 19.4 Å². The Labute approximate surface area is 177 Å². The molecule has 0 bridgehead atoms. The highest BCUT2D eigenvalue weighted by atomic mass is 16.6. The number of aliphatic carboxylic acids is 1. The zero-order chi connectivity index (χ0) is 21.2. The molecule has 0 aromatic heterocycles. The molecular weight excluding hydrogens is 364 g/mol. The number of carboxylic acid groups (broad SMARTS) is 1. The third kappa shape index (κ3) is 14.3. The van der Waals surface area contributed by atoms with Gasteiger partial charge in [-0.1, -0.05) is 95.0 Å². The maximum atomic E-state index is 11.1. The summed E-state index contributed by atoms with van der Waals surface area (Å²) in [6.07, 6.45) is 14.8. The zero-order valence-electron chi connectivity index (χ0n) is 18.4. The second-order valence-electron chi connectivity index (χ2n) is 8.25. The first kappa shape index (κ1) is 25.6. The smallest absolute Gasteiger partial charge is 0.303 e. The van der Waals surface area contributed by atoms with Crippen molar-refractivity contribution in [2.45, 2.75) is 116 Å². The summed E-state index contributed by atoms with van der Waals surface area (Å²) in [6.45, 7) is 2.67. The normalized spacial score (nSPS) is 13.3. The Hall–Kier alpha value is -1.39. The van der Waals surface area contributed by atoms with Gasteiger partial charge in [0.1, 0.15) is 0 Å². The molecule has 0 saturated carbocycles. The van der Waals surface area contributed by atoms with Gasteiger partial charge in [0.05, 0.1) is 6.61 Å². The van der Waals surface area contributed by atoms with Gasteiger partial charge >= 0.3 is 5.97 Å². The molecule has 0 radical (unpaired) electrons. The largest absolute Gasteiger partial charge is 0.481 e. The first-order valence-corrected chi connectivity index (χ1v) is 11.7. The van der Waals surface area contributed by atoms with Crippen molar-refractivity contribution in [3.05, 3.63) is 35.9 Å². The van der Waals surface area contributed by atoms with Gasteiger partial charge in [0.2, 0.25) is 0 Å². The number of hydrogen-bond acceptors (Lipinski definition) is 3. The van der Waals surface area contributed by atoms with Gasteiger partial charge < -0.3 is 14.9 Å². The molecule has 1 aromatic carbocycles. The fourth-order valence-corrected chi connectivity index (χ4v) is 3.63. The number of ether oxygens (including phenoxy) is 1. The average molecular weight is 407 g/mol. The highest BCUT2D eigenvalue weighted by molar-refractivity contribution is 5.66. The average Bonchev–Trinajstić information content (AvgIpc) is 2.71. The van der Waals surface area contributed by atoms with Gasteiger partial charge in [-0.2, -0.15) is 0 Å². The lowest BCUT2D eigenvalue weighted by Crippen LogP contribution is -2.32. The molecule has 0 heterocycles. The van der Waals surface area contributed by atoms with E-state index in [1.165, 1.54) is 19.3 Å². The summed E-state index contributed by atoms with van der Waals surface area (Å²) >= 11 is 0. The van der Waals surface area contributed by atoms with Crippen LogP contribution in [-0.4, -0.2) is 22.0 Å². The van der Waals surface area contributed by atoms with Crippen LogP contribution in [0.25, 0.3) is 0 Å². The predicted octanol–water partition coefficient (Wildman–Crippen LogP) is 6.85. The lowest BCUT2D eigenvalue weighted by atomic mass is 9.99. The number of carbonyl (C=O) groups is 1. The number of carboxylic acids is 1. The highest BCUT2D eigenvalue weighted by Gasteiger charge is 2.26. The summed E-state index contributed by atoms with van der Waals surface area (Å²) in [6, 6.07) is 10.1. The molecule has 2 N–H and O–H groups in total. The van der Waals surface area contributed by atoms with Crippen molar-refractivity contribution in [3.63, 3.8) is 0 Å². The van der Waals surface area contributed by atoms with Crippen molar-refractivity contribution in [1.82, 2.24) is 0 Å². The molecule has 0 fully saturated rings. The first-order valence-electron chi connectivity index (χ1n) is 11.7. The number of unbranched alkanes of at least 4 members (excludes halogenated alkanes) is 10. The molecule has 1 unspecified atom stereocenters. The van der Waals surface area contributed by atoms with Gasteiger partial charge in [0, 0.05) is 19.3 Å². The van der Waals surface area contributed by atoms with E-state index in [2.05, 4.69) is 6.92 Å². The first-order chi connectivity index (χ1) is 14.1. The molecule has 4 nitrogen and oxygen atoms in total. The van der Waals surface area contributed by atoms with E-state index in [1.54, 1.807) is 0 Å². The number of aliphatic hydroxyl groups is 1. The third-order valence-electron chi connectivity index (χ3n) is 5.48. The summed E-state index contributed by atoms with van der Waals surface area (Å²) in [7, 11) is 0. The van der Waals surface area contributed by atoms with Crippen LogP contribution in [-0.2, 0) is 16.1 Å². The van der Waals surface area contributed by atoms with Crippen LogP contribution >= 0.6 is 0 Å². The molecule has 0 aliphatic carbocycles. The van der Waals surface area contributed by atoms with E-state index < -0.39 is 11.8 Å². The number of benzene rings is 1. The van der Waals surface area contributed by atoms with E-state index in [9.17, 15) is 9.90 Å². The molecule has 1 atom stereocenters. The molecule has 0 spiro atoms. The predicted molar refractivity (Wildman–Crippen MR) is 119 cm³/mol. The van der Waals surface area contributed by atoms with Crippen LogP contribution in [0.3, 0.4) is 0 Å². The Morgan fingerprint density at radius 2 is 1.34 bits per heavy atom. The summed E-state index contributed by atoms with van der Waals surface area (Å²) in [5.41, 5.74) is 1.10. The molecule has 4 heteroatoms. The summed E-state index contributed by atoms with van der Waals surface area (Å²) < 4.78 is 6.00. The Balaban J connectivity index is 2.28. The lowest BCUT2D eigenvalue weighted by Gasteiger charge is -2.29. The highest BCUT2D eigenvalue weighted by Crippen LogP contribution is 2.26. The lowest BCUT2D eigenvalue weighted by molar-refractivity contribution is -0.220. The Kier molecular flexibility index (Phi) is 14.5. The monoisotopic (exact) mass is 406 g/mol. The number of rotatable bonds is 19. The van der Waals surface area contributed by atoms with Crippen molar-refractivity contribution >= 4 is 5.97 Å². The molecule has 1 rings (SSSR count). The minimum atomic E-state index is -1.02. The van der Waals surface area contributed by atoms with Crippen LogP contribution in [0.2, 0.25) is 0 Å². The molecule has 1 aromatic rings. The molecule has 0 aliphatic heterocycles. The van der Waals surface area contributed by atoms with E-state index in [4.69, 9.17) is 9.84 Å². The van der Waals surface area contributed by atoms with Crippen LogP contribution in [0, 0.1) is 0 Å². The quantitative estimate of drug-likeness (QED) is 0.195. The van der Waals surface area contributed by atoms with Crippen molar-refractivity contribution in [2.24, 2.45) is 0 Å². The van der Waals surface area contributed by atoms with Gasteiger partial charge in [-0.15, -0.1) is 0 Å². The maximum Gasteiger partial charge on any atom is 0.303 e. The minimum Gasteiger partial charge on any atom is -0.481 e. The minimum absolute atomic E-state index is 0.282. The Bertz CT molecular complexity index is 517. The van der Waals surface area contributed by atoms with E-state index in [1.807, 2.05) is 30.3 Å². The second kappa shape index (κ2) is 16.4. The standard InChI is InChI=1S/C25H42O4/c1-2-3-4-9-15-20-25(28,29-22-23-17-12-11-13-18-23)21-16-10-7-5-6-8-14-19-24(26)27/h11-13,17-18,28H,2-10,14-16,19-22H2,1H3,(H,26,27). The van der Waals surface area contributed by atoms with E-state index in [-0.39, 0.29) is 6.42 Å². The fraction of sp³-hybridized carbons (Fsp3) is 0.720. The number of hydrogen-bond donors (Lipinski definition) is 2. The molecule has 166 valence electrons. The zero-order valence-corrected chi connectivity index (χ0v) is 18.4.